The van der Waals surface area contributed by atoms with Crippen LogP contribution in [0, 0.1) is 29.5 Å². The molecule has 1 amide bonds. The zero-order chi connectivity index (χ0) is 28.6. The molecule has 0 fully saturated rings. The largest absolute Gasteiger partial charge is 0.384 e. The minimum absolute atomic E-state index is 0.0196. The van der Waals surface area contributed by atoms with Gasteiger partial charge >= 0.3 is 0 Å². The standard InChI is InChI=1S/C29H27FN6O2S2/c1-16-9-10-18(30)11-20(16)33-23(38)15-39-28-35-34-27(40-28)36-21-12-29(2,3)13-22(37)25(21)24(19(14-31)26(36)32)17-7-5-4-6-8-17/h4-11,24H,12-13,15,32H2,1-3H3,(H,33,38). The van der Waals surface area contributed by atoms with E-state index in [0.29, 0.717) is 33.6 Å². The molecule has 0 spiro atoms. The van der Waals surface area contributed by atoms with E-state index in [4.69, 9.17) is 5.73 Å². The molecule has 3 aromatic rings. The number of nitrogens with zero attached hydrogens (tertiary/aromatic N) is 4. The van der Waals surface area contributed by atoms with Gasteiger partial charge < -0.3 is 11.1 Å². The van der Waals surface area contributed by atoms with Gasteiger partial charge in [-0.3, -0.25) is 14.5 Å². The lowest BCUT2D eigenvalue weighted by Gasteiger charge is -2.42. The van der Waals surface area contributed by atoms with Crippen LogP contribution in [0.15, 0.2) is 75.5 Å². The third-order valence-electron chi connectivity index (χ3n) is 6.90. The van der Waals surface area contributed by atoms with Crippen molar-refractivity contribution in [3.05, 3.63) is 88.1 Å². The number of nitrogens with one attached hydrogen (secondary N) is 1. The van der Waals surface area contributed by atoms with Crippen LogP contribution in [0.1, 0.15) is 43.7 Å². The maximum absolute atomic E-state index is 13.6. The number of hydrogen-bond acceptors (Lipinski definition) is 9. The summed E-state index contributed by atoms with van der Waals surface area (Å²) in [5.41, 5.74) is 9.90. The molecule has 2 aromatic carbocycles. The Hall–Kier alpha value is -4.01. The number of hydrogen-bond donors (Lipinski definition) is 2. The summed E-state index contributed by atoms with van der Waals surface area (Å²) in [5.74, 6) is -1.07. The molecule has 2 heterocycles. The molecule has 1 aliphatic carbocycles. The second kappa shape index (κ2) is 10.9. The van der Waals surface area contributed by atoms with Crippen LogP contribution in [-0.2, 0) is 9.59 Å². The van der Waals surface area contributed by atoms with E-state index >= 15 is 0 Å². The fourth-order valence-corrected chi connectivity index (χ4v) is 6.78. The summed E-state index contributed by atoms with van der Waals surface area (Å²) in [6.45, 7) is 5.85. The fourth-order valence-electron chi connectivity index (χ4n) is 5.10. The highest BCUT2D eigenvalue weighted by Crippen LogP contribution is 2.50. The number of benzene rings is 2. The van der Waals surface area contributed by atoms with Crippen LogP contribution in [0.2, 0.25) is 0 Å². The van der Waals surface area contributed by atoms with Crippen molar-refractivity contribution in [1.82, 2.24) is 10.2 Å². The van der Waals surface area contributed by atoms with Crippen molar-refractivity contribution >= 4 is 45.6 Å². The molecule has 1 unspecified atom stereocenters. The van der Waals surface area contributed by atoms with E-state index in [-0.39, 0.29) is 34.3 Å². The Morgan fingerprint density at radius 2 is 2.00 bits per heavy atom. The Kier molecular flexibility index (Phi) is 7.49. The molecule has 204 valence electrons. The van der Waals surface area contributed by atoms with Crippen molar-refractivity contribution < 1.29 is 14.0 Å². The van der Waals surface area contributed by atoms with Gasteiger partial charge in [-0.25, -0.2) is 4.39 Å². The van der Waals surface area contributed by atoms with Crippen molar-refractivity contribution in [2.45, 2.75) is 43.9 Å². The summed E-state index contributed by atoms with van der Waals surface area (Å²) in [4.78, 5) is 27.8. The van der Waals surface area contributed by atoms with Crippen LogP contribution in [0.4, 0.5) is 15.2 Å². The van der Waals surface area contributed by atoms with Gasteiger partial charge in [-0.15, -0.1) is 10.2 Å². The number of thioether (sulfide) groups is 1. The van der Waals surface area contributed by atoms with Gasteiger partial charge in [0.25, 0.3) is 0 Å². The summed E-state index contributed by atoms with van der Waals surface area (Å²) in [5, 5.41) is 21.9. The van der Waals surface area contributed by atoms with Crippen molar-refractivity contribution in [3.8, 4) is 6.07 Å². The molecule has 11 heteroatoms. The minimum atomic E-state index is -0.558. The zero-order valence-corrected chi connectivity index (χ0v) is 23.8. The summed E-state index contributed by atoms with van der Waals surface area (Å²) in [6.07, 6.45) is 0.924. The third kappa shape index (κ3) is 5.37. The molecular weight excluding hydrogens is 547 g/mol. The number of aryl methyl sites for hydroxylation is 1. The molecule has 3 N–H and O–H groups in total. The van der Waals surface area contributed by atoms with E-state index in [2.05, 4.69) is 21.6 Å². The van der Waals surface area contributed by atoms with Crippen LogP contribution in [-0.4, -0.2) is 27.6 Å². The first-order valence-corrected chi connectivity index (χ1v) is 14.4. The van der Waals surface area contributed by atoms with Gasteiger partial charge in [-0.05, 0) is 42.0 Å². The summed E-state index contributed by atoms with van der Waals surface area (Å²) in [7, 11) is 0. The van der Waals surface area contributed by atoms with Crippen molar-refractivity contribution in [2.75, 3.05) is 16.0 Å². The van der Waals surface area contributed by atoms with Gasteiger partial charge in [0.1, 0.15) is 11.6 Å². The second-order valence-corrected chi connectivity index (χ2v) is 12.7. The number of halogens is 1. The van der Waals surface area contributed by atoms with E-state index in [0.717, 1.165) is 16.8 Å². The monoisotopic (exact) mass is 574 g/mol. The van der Waals surface area contributed by atoms with Gasteiger partial charge in [0.15, 0.2) is 10.1 Å². The van der Waals surface area contributed by atoms with E-state index in [1.807, 2.05) is 44.2 Å². The summed E-state index contributed by atoms with van der Waals surface area (Å²) < 4.78 is 14.1. The number of Topliss-reactive ketones (excluding diaryl/α,β-unsaturated/α-hetero) is 1. The number of nitriles is 1. The minimum Gasteiger partial charge on any atom is -0.384 e. The highest BCUT2D eigenvalue weighted by atomic mass is 32.2. The van der Waals surface area contributed by atoms with Crippen LogP contribution < -0.4 is 16.0 Å². The Morgan fingerprint density at radius 3 is 2.73 bits per heavy atom. The number of anilines is 2. The van der Waals surface area contributed by atoms with E-state index in [1.165, 1.54) is 35.2 Å². The number of carbonyl (C=O) groups excluding carboxylic acids is 2. The molecule has 0 saturated carbocycles. The lowest BCUT2D eigenvalue weighted by atomic mass is 9.69. The van der Waals surface area contributed by atoms with E-state index < -0.39 is 11.7 Å². The number of nitrogens with two attached hydrogens (primary N) is 1. The van der Waals surface area contributed by atoms with Gasteiger partial charge in [0.2, 0.25) is 11.0 Å². The van der Waals surface area contributed by atoms with E-state index in [1.54, 1.807) is 17.9 Å². The molecule has 1 atom stereocenters. The number of ketones is 1. The van der Waals surface area contributed by atoms with Gasteiger partial charge in [0, 0.05) is 23.4 Å². The molecule has 2 aliphatic rings. The predicted molar refractivity (Wildman–Crippen MR) is 154 cm³/mol. The first kappa shape index (κ1) is 27.6. The number of allylic oxidation sites excluding steroid dienone is 3. The summed E-state index contributed by atoms with van der Waals surface area (Å²) >= 11 is 2.41. The molecular formula is C29H27FN6O2S2. The lowest BCUT2D eigenvalue weighted by Crippen LogP contribution is -2.42. The Bertz CT molecular complexity index is 1610. The Balaban J connectivity index is 1.45. The normalized spacial score (nSPS) is 18.4. The maximum atomic E-state index is 13.6. The average molecular weight is 575 g/mol. The van der Waals surface area contributed by atoms with Gasteiger partial charge in [-0.1, -0.05) is 73.3 Å². The van der Waals surface area contributed by atoms with Crippen molar-refractivity contribution in [2.24, 2.45) is 11.1 Å². The van der Waals surface area contributed by atoms with Gasteiger partial charge in [-0.2, -0.15) is 5.26 Å². The number of carbonyl (C=O) groups is 2. The SMILES string of the molecule is Cc1ccc(F)cc1NC(=O)CSc1nnc(N2C(N)=C(C#N)C(c3ccccc3)C3=C2CC(C)(C)CC3=O)s1. The molecule has 5 rings (SSSR count). The summed E-state index contributed by atoms with van der Waals surface area (Å²) in [6, 6.07) is 15.9. The molecule has 0 bridgehead atoms. The molecule has 1 aliphatic heterocycles. The third-order valence-corrected chi connectivity index (χ3v) is 8.94. The predicted octanol–water partition coefficient (Wildman–Crippen LogP) is 5.66. The highest BCUT2D eigenvalue weighted by molar-refractivity contribution is 8.01. The van der Waals surface area contributed by atoms with Gasteiger partial charge in [0.05, 0.1) is 23.3 Å². The average Bonchev–Trinajstić information content (AvgIpc) is 3.37. The molecule has 0 saturated heterocycles. The highest BCUT2D eigenvalue weighted by Gasteiger charge is 2.45. The van der Waals surface area contributed by atoms with E-state index in [9.17, 15) is 19.2 Å². The molecule has 1 aromatic heterocycles. The quantitative estimate of drug-likeness (QED) is 0.362. The number of rotatable bonds is 6. The number of aromatic nitrogens is 2. The number of amides is 1. The maximum Gasteiger partial charge on any atom is 0.234 e. The van der Waals surface area contributed by atoms with Crippen LogP contribution >= 0.6 is 23.1 Å². The molecule has 0 radical (unpaired) electrons. The van der Waals surface area contributed by atoms with Crippen LogP contribution in [0.5, 0.6) is 0 Å². The lowest BCUT2D eigenvalue weighted by molar-refractivity contribution is -0.118. The molecule has 40 heavy (non-hydrogen) atoms. The second-order valence-electron chi connectivity index (χ2n) is 10.5. The van der Waals surface area contributed by atoms with Crippen molar-refractivity contribution in [3.63, 3.8) is 0 Å². The Labute approximate surface area is 239 Å². The Morgan fingerprint density at radius 1 is 1.25 bits per heavy atom. The molecule has 8 nitrogen and oxygen atoms in total. The first-order chi connectivity index (χ1) is 19.1. The zero-order valence-electron chi connectivity index (χ0n) is 22.2. The topological polar surface area (TPSA) is 125 Å². The van der Waals surface area contributed by atoms with Crippen LogP contribution in [0.3, 0.4) is 0 Å². The van der Waals surface area contributed by atoms with Crippen LogP contribution in [0.25, 0.3) is 0 Å². The van der Waals surface area contributed by atoms with Crippen molar-refractivity contribution in [1.29, 1.82) is 5.26 Å². The smallest absolute Gasteiger partial charge is 0.234 e. The fraction of sp³-hybridized carbons (Fsp3) is 0.276. The first-order valence-electron chi connectivity index (χ1n) is 12.6.